The van der Waals surface area contributed by atoms with Gasteiger partial charge in [0, 0.05) is 37.1 Å². The Balaban J connectivity index is 4.50. The summed E-state index contributed by atoms with van der Waals surface area (Å²) in [5.74, 6) is 0.502. The van der Waals surface area contributed by atoms with E-state index in [2.05, 4.69) is 11.9 Å². The van der Waals surface area contributed by atoms with Gasteiger partial charge in [0.2, 0.25) is 11.8 Å². The third-order valence-electron chi connectivity index (χ3n) is 2.87. The summed E-state index contributed by atoms with van der Waals surface area (Å²) < 4.78 is 0. The molecule has 0 saturated heterocycles. The van der Waals surface area contributed by atoms with Crippen LogP contribution in [0.5, 0.6) is 0 Å². The third kappa shape index (κ3) is 8.88. The van der Waals surface area contributed by atoms with E-state index in [9.17, 15) is 9.59 Å². The van der Waals surface area contributed by atoms with Crippen molar-refractivity contribution >= 4 is 33.4 Å². The van der Waals surface area contributed by atoms with Gasteiger partial charge in [-0.2, -0.15) is 0 Å². The molecule has 5 nitrogen and oxygen atoms in total. The molecule has 2 N–H and O–H groups in total. The molecule has 0 spiro atoms. The van der Waals surface area contributed by atoms with Crippen LogP contribution in [0.3, 0.4) is 0 Å². The number of hydrogen-bond acceptors (Lipinski definition) is 5. The van der Waals surface area contributed by atoms with Crippen molar-refractivity contribution < 1.29 is 14.7 Å². The van der Waals surface area contributed by atoms with Gasteiger partial charge in [-0.1, -0.05) is 40.3 Å². The molecule has 0 aliphatic carbocycles. The van der Waals surface area contributed by atoms with Gasteiger partial charge in [0.05, 0.1) is 12.3 Å². The Hall–Kier alpha value is -1.18. The van der Waals surface area contributed by atoms with E-state index in [4.69, 9.17) is 5.11 Å². The van der Waals surface area contributed by atoms with Crippen LogP contribution in [0.25, 0.3) is 0 Å². The van der Waals surface area contributed by atoms with E-state index in [1.807, 2.05) is 13.0 Å². The summed E-state index contributed by atoms with van der Waals surface area (Å²) in [5.41, 5.74) is 0.783. The van der Waals surface area contributed by atoms with E-state index >= 15 is 0 Å². The van der Waals surface area contributed by atoms with E-state index in [1.165, 1.54) is 17.7 Å². The maximum atomic E-state index is 11.6. The number of nitrogens with one attached hydrogen (secondary N) is 1. The second kappa shape index (κ2) is 12.3. The fourth-order valence-corrected chi connectivity index (χ4v) is 3.80. The zero-order valence-electron chi connectivity index (χ0n) is 14.2. The summed E-state index contributed by atoms with van der Waals surface area (Å²) in [6.07, 6.45) is 5.75. The van der Waals surface area contributed by atoms with Crippen molar-refractivity contribution in [3.05, 3.63) is 35.4 Å². The fourth-order valence-electron chi connectivity index (χ4n) is 1.51. The second-order valence-corrected chi connectivity index (χ2v) is 7.28. The first kappa shape index (κ1) is 21.8. The van der Waals surface area contributed by atoms with Gasteiger partial charge >= 0.3 is 0 Å². The molecule has 7 heteroatoms. The number of carbonyl (C=O) groups is 2. The summed E-state index contributed by atoms with van der Waals surface area (Å²) in [4.78, 5) is 25.7. The standard InChI is InChI=1S/C16H26N2O3S2/c1-6-8-14(18(5)13(4)20)15(7-2)23-22-10-9-16(21)17-12(3)11-19/h6-8,12,19H,1,9-11H2,2-5H3,(H,17,21)/b14-8+,15-7+. The Morgan fingerprint density at radius 1 is 1.43 bits per heavy atom. The summed E-state index contributed by atoms with van der Waals surface area (Å²) in [7, 11) is 4.78. The SMILES string of the molecule is C=C/C=C(\C(=C/C)SSCCC(=O)NC(C)CO)N(C)C(C)=O. The topological polar surface area (TPSA) is 69.6 Å². The minimum absolute atomic E-state index is 0.0552. The molecule has 0 radical (unpaired) electrons. The fraction of sp³-hybridized carbons (Fsp3) is 0.500. The highest BCUT2D eigenvalue weighted by molar-refractivity contribution is 8.78. The van der Waals surface area contributed by atoms with Crippen molar-refractivity contribution in [2.45, 2.75) is 33.2 Å². The quantitative estimate of drug-likeness (QED) is 0.357. The number of amides is 2. The number of hydrogen-bond donors (Lipinski definition) is 2. The van der Waals surface area contributed by atoms with Crippen LogP contribution in [0.4, 0.5) is 0 Å². The van der Waals surface area contributed by atoms with Crippen LogP contribution in [-0.2, 0) is 9.59 Å². The van der Waals surface area contributed by atoms with Gasteiger partial charge in [-0.3, -0.25) is 9.59 Å². The van der Waals surface area contributed by atoms with Crippen molar-refractivity contribution in [3.63, 3.8) is 0 Å². The average molecular weight is 359 g/mol. The van der Waals surface area contributed by atoms with Crippen molar-refractivity contribution in [3.8, 4) is 0 Å². The van der Waals surface area contributed by atoms with Gasteiger partial charge in [0.25, 0.3) is 0 Å². The first-order valence-electron chi connectivity index (χ1n) is 7.30. The molecule has 0 bridgehead atoms. The van der Waals surface area contributed by atoms with Gasteiger partial charge < -0.3 is 15.3 Å². The van der Waals surface area contributed by atoms with Crippen LogP contribution >= 0.6 is 21.6 Å². The molecular weight excluding hydrogens is 332 g/mol. The number of allylic oxidation sites excluding steroid dienone is 3. The van der Waals surface area contributed by atoms with E-state index in [1.54, 1.807) is 41.8 Å². The van der Waals surface area contributed by atoms with E-state index in [0.717, 1.165) is 10.6 Å². The predicted molar refractivity (Wildman–Crippen MR) is 99.8 cm³/mol. The number of nitrogens with zero attached hydrogens (tertiary/aromatic N) is 1. The first-order chi connectivity index (χ1) is 10.9. The molecule has 0 aromatic heterocycles. The second-order valence-electron chi connectivity index (χ2n) is 4.83. The van der Waals surface area contributed by atoms with E-state index < -0.39 is 0 Å². The zero-order valence-corrected chi connectivity index (χ0v) is 15.8. The highest BCUT2D eigenvalue weighted by Gasteiger charge is 2.14. The lowest BCUT2D eigenvalue weighted by Crippen LogP contribution is -2.35. The number of aliphatic hydroxyl groups excluding tert-OH is 1. The van der Waals surface area contributed by atoms with Gasteiger partial charge in [-0.25, -0.2) is 0 Å². The van der Waals surface area contributed by atoms with E-state index in [-0.39, 0.29) is 24.5 Å². The van der Waals surface area contributed by atoms with Crippen LogP contribution in [0, 0.1) is 0 Å². The number of carbonyl (C=O) groups excluding carboxylic acids is 2. The Kier molecular flexibility index (Phi) is 11.6. The minimum atomic E-state index is -0.224. The molecule has 0 heterocycles. The molecule has 2 amide bonds. The number of rotatable bonds is 10. The lowest BCUT2D eigenvalue weighted by atomic mass is 10.3. The van der Waals surface area contributed by atoms with Gasteiger partial charge in [-0.15, -0.1) is 0 Å². The Bertz CT molecular complexity index is 476. The average Bonchev–Trinajstić information content (AvgIpc) is 2.52. The molecule has 23 heavy (non-hydrogen) atoms. The van der Waals surface area contributed by atoms with Crippen molar-refractivity contribution in [2.75, 3.05) is 19.4 Å². The molecule has 1 unspecified atom stereocenters. The summed E-state index contributed by atoms with van der Waals surface area (Å²) in [6.45, 7) is 8.78. The smallest absolute Gasteiger partial charge is 0.223 e. The van der Waals surface area contributed by atoms with Crippen LogP contribution < -0.4 is 5.32 Å². The van der Waals surface area contributed by atoms with Crippen molar-refractivity contribution in [1.82, 2.24) is 10.2 Å². The van der Waals surface area contributed by atoms with Gasteiger partial charge in [0.15, 0.2) is 0 Å². The Labute approximate surface area is 146 Å². The summed E-state index contributed by atoms with van der Waals surface area (Å²) >= 11 is 0. The molecule has 0 rings (SSSR count). The zero-order chi connectivity index (χ0) is 17.8. The van der Waals surface area contributed by atoms with Crippen LogP contribution in [0.2, 0.25) is 0 Å². The lowest BCUT2D eigenvalue weighted by Gasteiger charge is -2.20. The van der Waals surface area contributed by atoms with Crippen molar-refractivity contribution in [1.29, 1.82) is 0 Å². The molecule has 1 atom stereocenters. The Morgan fingerprint density at radius 3 is 2.57 bits per heavy atom. The monoisotopic (exact) mass is 358 g/mol. The molecular formula is C16H26N2O3S2. The molecule has 0 aromatic carbocycles. The predicted octanol–water partition coefficient (Wildman–Crippen LogP) is 2.71. The number of aliphatic hydroxyl groups is 1. The Morgan fingerprint density at radius 2 is 2.09 bits per heavy atom. The molecule has 0 aliphatic heterocycles. The summed E-state index contributed by atoms with van der Waals surface area (Å²) in [5, 5.41) is 11.6. The largest absolute Gasteiger partial charge is 0.394 e. The molecule has 0 saturated carbocycles. The normalized spacial score (nSPS) is 13.4. The maximum absolute atomic E-state index is 11.6. The van der Waals surface area contributed by atoms with Gasteiger partial charge in [0.1, 0.15) is 0 Å². The van der Waals surface area contributed by atoms with Crippen LogP contribution in [0.15, 0.2) is 35.4 Å². The lowest BCUT2D eigenvalue weighted by molar-refractivity contribution is -0.125. The molecule has 0 aliphatic rings. The highest BCUT2D eigenvalue weighted by Crippen LogP contribution is 2.36. The number of likely N-dealkylation sites (N-methyl/N-ethyl adjacent to an activating group) is 1. The van der Waals surface area contributed by atoms with Crippen LogP contribution in [0.1, 0.15) is 27.2 Å². The van der Waals surface area contributed by atoms with Crippen LogP contribution in [-0.4, -0.2) is 47.3 Å². The minimum Gasteiger partial charge on any atom is -0.394 e. The molecule has 130 valence electrons. The van der Waals surface area contributed by atoms with E-state index in [0.29, 0.717) is 12.2 Å². The van der Waals surface area contributed by atoms with Gasteiger partial charge in [-0.05, 0) is 19.9 Å². The summed E-state index contributed by atoms with van der Waals surface area (Å²) in [6, 6.07) is -0.224. The molecule has 0 aromatic rings. The first-order valence-corrected chi connectivity index (χ1v) is 9.62. The molecule has 0 fully saturated rings. The maximum Gasteiger partial charge on any atom is 0.223 e. The van der Waals surface area contributed by atoms with Crippen molar-refractivity contribution in [2.24, 2.45) is 0 Å². The highest BCUT2D eigenvalue weighted by atomic mass is 33.1. The third-order valence-corrected chi connectivity index (χ3v) is 5.37.